The molecule has 0 spiro atoms. The molecule has 6 heteroatoms. The number of esters is 2. The number of ether oxygens (including phenoxy) is 2. The Labute approximate surface area is 162 Å². The molecule has 2 aromatic rings. The van der Waals surface area contributed by atoms with Crippen LogP contribution in [0.2, 0.25) is 5.02 Å². The van der Waals surface area contributed by atoms with Gasteiger partial charge in [-0.15, -0.1) is 0 Å². The maximum Gasteiger partial charge on any atom is 0.330 e. The summed E-state index contributed by atoms with van der Waals surface area (Å²) in [6, 6.07) is 12.9. The summed E-state index contributed by atoms with van der Waals surface area (Å²) in [4.78, 5) is 24.6. The monoisotopic (exact) mass is 385 g/mol. The Morgan fingerprint density at radius 3 is 2.67 bits per heavy atom. The minimum atomic E-state index is -0.534. The molecule has 2 heterocycles. The van der Waals surface area contributed by atoms with Crippen molar-refractivity contribution < 1.29 is 19.1 Å². The van der Waals surface area contributed by atoms with Gasteiger partial charge in [-0.3, -0.25) is 4.79 Å². The fourth-order valence-electron chi connectivity index (χ4n) is 3.63. The molecule has 0 aliphatic carbocycles. The van der Waals surface area contributed by atoms with Crippen molar-refractivity contribution in [2.45, 2.75) is 25.3 Å². The Bertz CT molecular complexity index is 876. The lowest BCUT2D eigenvalue weighted by Crippen LogP contribution is -2.37. The average Bonchev–Trinajstić information content (AvgIpc) is 3.22. The molecule has 2 aliphatic rings. The van der Waals surface area contributed by atoms with Gasteiger partial charge in [0, 0.05) is 16.1 Å². The van der Waals surface area contributed by atoms with Crippen LogP contribution in [0.4, 0.5) is 0 Å². The number of carbonyl (C=O) groups is 2. The molecule has 2 aliphatic heterocycles. The maximum absolute atomic E-state index is 12.5. The van der Waals surface area contributed by atoms with E-state index >= 15 is 0 Å². The average molecular weight is 386 g/mol. The molecule has 2 atom stereocenters. The van der Waals surface area contributed by atoms with E-state index in [4.69, 9.17) is 21.1 Å². The molecular weight excluding hydrogens is 366 g/mol. The molecule has 1 saturated heterocycles. The molecule has 5 nitrogen and oxygen atoms in total. The number of rotatable bonds is 3. The highest BCUT2D eigenvalue weighted by Crippen LogP contribution is 2.38. The Hall–Kier alpha value is -2.37. The van der Waals surface area contributed by atoms with Crippen LogP contribution >= 0.6 is 11.6 Å². The van der Waals surface area contributed by atoms with Crippen molar-refractivity contribution >= 4 is 23.5 Å². The molecule has 0 aromatic heterocycles. The van der Waals surface area contributed by atoms with Gasteiger partial charge in [0.2, 0.25) is 0 Å². The second-order valence-corrected chi connectivity index (χ2v) is 7.27. The van der Waals surface area contributed by atoms with E-state index < -0.39 is 17.9 Å². The van der Waals surface area contributed by atoms with E-state index in [2.05, 4.69) is 5.32 Å². The lowest BCUT2D eigenvalue weighted by Gasteiger charge is -2.26. The highest BCUT2D eigenvalue weighted by Gasteiger charge is 2.33. The summed E-state index contributed by atoms with van der Waals surface area (Å²) in [5, 5.41) is 3.68. The van der Waals surface area contributed by atoms with Gasteiger partial charge in [0.15, 0.2) is 0 Å². The van der Waals surface area contributed by atoms with Crippen molar-refractivity contribution in [2.24, 2.45) is 5.92 Å². The summed E-state index contributed by atoms with van der Waals surface area (Å²) in [6.07, 6.45) is 2.06. The molecular formula is C21H20ClNO4. The lowest BCUT2D eigenvalue weighted by molar-refractivity contribution is -0.164. The van der Waals surface area contributed by atoms with E-state index in [-0.39, 0.29) is 12.6 Å². The summed E-state index contributed by atoms with van der Waals surface area (Å²) in [6.45, 7) is 0.970. The van der Waals surface area contributed by atoms with E-state index in [1.807, 2.05) is 42.5 Å². The smallest absolute Gasteiger partial charge is 0.330 e. The van der Waals surface area contributed by atoms with Crippen LogP contribution in [0.1, 0.15) is 18.4 Å². The van der Waals surface area contributed by atoms with Gasteiger partial charge in [-0.05, 0) is 43.5 Å². The molecule has 4 rings (SSSR count). The Morgan fingerprint density at radius 2 is 1.89 bits per heavy atom. The van der Waals surface area contributed by atoms with Gasteiger partial charge in [-0.2, -0.15) is 0 Å². The first-order valence-electron chi connectivity index (χ1n) is 9.12. The topological polar surface area (TPSA) is 64.6 Å². The van der Waals surface area contributed by atoms with Crippen molar-refractivity contribution in [2.75, 3.05) is 13.2 Å². The summed E-state index contributed by atoms with van der Waals surface area (Å²) < 4.78 is 10.9. The van der Waals surface area contributed by atoms with Crippen LogP contribution in [0.3, 0.4) is 0 Å². The number of hydrogen-bond acceptors (Lipinski definition) is 5. The van der Waals surface area contributed by atoms with E-state index in [1.165, 1.54) is 0 Å². The van der Waals surface area contributed by atoms with Gasteiger partial charge in [0.25, 0.3) is 0 Å². The van der Waals surface area contributed by atoms with Crippen molar-refractivity contribution in [1.29, 1.82) is 0 Å². The van der Waals surface area contributed by atoms with Gasteiger partial charge in [0.05, 0.1) is 5.92 Å². The van der Waals surface area contributed by atoms with Gasteiger partial charge >= 0.3 is 11.9 Å². The van der Waals surface area contributed by atoms with Gasteiger partial charge < -0.3 is 14.8 Å². The molecule has 140 valence electrons. The quantitative estimate of drug-likeness (QED) is 0.648. The first-order valence-corrected chi connectivity index (χ1v) is 9.50. The summed E-state index contributed by atoms with van der Waals surface area (Å²) in [5.74, 6) is -0.817. The number of hydrogen-bond donors (Lipinski definition) is 1. The summed E-state index contributed by atoms with van der Waals surface area (Å²) in [7, 11) is 0. The maximum atomic E-state index is 12.5. The van der Waals surface area contributed by atoms with E-state index in [9.17, 15) is 9.59 Å². The van der Waals surface area contributed by atoms with E-state index in [1.54, 1.807) is 0 Å². The van der Waals surface area contributed by atoms with Crippen LogP contribution in [-0.2, 0) is 20.7 Å². The second-order valence-electron chi connectivity index (χ2n) is 6.86. The normalized spacial score (nSPS) is 21.2. The molecule has 1 N–H and O–H groups in total. The van der Waals surface area contributed by atoms with Crippen LogP contribution in [-0.4, -0.2) is 31.1 Å². The first kappa shape index (κ1) is 18.0. The number of fused-ring (bicyclic) bond motifs is 1. The third-order valence-electron chi connectivity index (χ3n) is 5.07. The highest BCUT2D eigenvalue weighted by molar-refractivity contribution is 6.33. The second kappa shape index (κ2) is 7.71. The number of nitrogens with one attached hydrogen (secondary N) is 1. The molecule has 0 radical (unpaired) electrons. The zero-order valence-electron chi connectivity index (χ0n) is 14.7. The fourth-order valence-corrected chi connectivity index (χ4v) is 3.87. The van der Waals surface area contributed by atoms with Crippen LogP contribution in [0.5, 0.6) is 5.75 Å². The van der Waals surface area contributed by atoms with Gasteiger partial charge in [0.1, 0.15) is 18.4 Å². The lowest BCUT2D eigenvalue weighted by atomic mass is 9.90. The highest BCUT2D eigenvalue weighted by atomic mass is 35.5. The van der Waals surface area contributed by atoms with Crippen molar-refractivity contribution in [3.8, 4) is 16.9 Å². The zero-order chi connectivity index (χ0) is 18.8. The molecule has 1 fully saturated rings. The predicted octanol–water partition coefficient (Wildman–Crippen LogP) is 3.38. The molecule has 2 unspecified atom stereocenters. The Kier molecular flexibility index (Phi) is 5.14. The summed E-state index contributed by atoms with van der Waals surface area (Å²) in [5.41, 5.74) is 2.73. The fraction of sp³-hybridized carbons (Fsp3) is 0.333. The predicted molar refractivity (Wildman–Crippen MR) is 102 cm³/mol. The third-order valence-corrected chi connectivity index (χ3v) is 5.40. The largest absolute Gasteiger partial charge is 0.492 e. The van der Waals surface area contributed by atoms with E-state index in [0.717, 1.165) is 35.4 Å². The SMILES string of the molecule is O=C(OC(=O)C1CCCN1)C1COc2cccc(-c3ccccc3Cl)c2C1. The standard InChI is InChI=1S/C21H20ClNO4/c22-17-7-2-1-5-15(17)14-6-3-9-19-16(14)11-13(12-26-19)20(24)27-21(25)18-8-4-10-23-18/h1-3,5-7,9,13,18,23H,4,8,10-12H2. The molecule has 0 bridgehead atoms. The minimum absolute atomic E-state index is 0.198. The Morgan fingerprint density at radius 1 is 1.07 bits per heavy atom. The van der Waals surface area contributed by atoms with Gasteiger partial charge in [-0.1, -0.05) is 41.9 Å². The number of halogens is 1. The Balaban J connectivity index is 1.55. The zero-order valence-corrected chi connectivity index (χ0v) is 15.5. The van der Waals surface area contributed by atoms with Crippen LogP contribution in [0.25, 0.3) is 11.1 Å². The molecule has 27 heavy (non-hydrogen) atoms. The number of carbonyl (C=O) groups excluding carboxylic acids is 2. The van der Waals surface area contributed by atoms with Gasteiger partial charge in [-0.25, -0.2) is 4.79 Å². The van der Waals surface area contributed by atoms with E-state index in [0.29, 0.717) is 17.9 Å². The molecule has 0 saturated carbocycles. The molecule has 0 amide bonds. The van der Waals surface area contributed by atoms with Crippen LogP contribution < -0.4 is 10.1 Å². The summed E-state index contributed by atoms with van der Waals surface area (Å²) >= 11 is 6.36. The van der Waals surface area contributed by atoms with Crippen LogP contribution in [0, 0.1) is 5.92 Å². The molecule has 2 aromatic carbocycles. The first-order chi connectivity index (χ1) is 13.1. The van der Waals surface area contributed by atoms with Crippen molar-refractivity contribution in [3.05, 3.63) is 53.1 Å². The minimum Gasteiger partial charge on any atom is -0.492 e. The third kappa shape index (κ3) is 3.70. The van der Waals surface area contributed by atoms with Crippen LogP contribution in [0.15, 0.2) is 42.5 Å². The number of benzene rings is 2. The van der Waals surface area contributed by atoms with Crippen molar-refractivity contribution in [1.82, 2.24) is 5.32 Å². The van der Waals surface area contributed by atoms with Crippen molar-refractivity contribution in [3.63, 3.8) is 0 Å².